The highest BCUT2D eigenvalue weighted by Crippen LogP contribution is 2.27. The van der Waals surface area contributed by atoms with Crippen molar-refractivity contribution in [3.8, 4) is 11.5 Å². The second kappa shape index (κ2) is 4.33. The van der Waals surface area contributed by atoms with Crippen LogP contribution in [0.5, 0.6) is 11.5 Å². The molecule has 0 heterocycles. The van der Waals surface area contributed by atoms with Crippen LogP contribution in [0.3, 0.4) is 0 Å². The number of benzene rings is 1. The lowest BCUT2D eigenvalue weighted by Crippen LogP contribution is -2.08. The van der Waals surface area contributed by atoms with Crippen molar-refractivity contribution in [2.75, 3.05) is 7.11 Å². The van der Waals surface area contributed by atoms with E-state index in [4.69, 9.17) is 4.74 Å². The summed E-state index contributed by atoms with van der Waals surface area (Å²) in [7, 11) is 1.62. The third-order valence-electron chi connectivity index (χ3n) is 2.31. The van der Waals surface area contributed by atoms with Crippen LogP contribution in [0, 0.1) is 6.92 Å². The fourth-order valence-electron chi connectivity index (χ4n) is 1.28. The van der Waals surface area contributed by atoms with Crippen LogP contribution in [0.2, 0.25) is 0 Å². The van der Waals surface area contributed by atoms with E-state index < -0.39 is 0 Å². The molecule has 3 heteroatoms. The number of aromatic hydroxyl groups is 2. The third kappa shape index (κ3) is 2.39. The van der Waals surface area contributed by atoms with Crippen LogP contribution in [-0.2, 0) is 11.2 Å². The van der Waals surface area contributed by atoms with Crippen molar-refractivity contribution in [3.63, 3.8) is 0 Å². The van der Waals surface area contributed by atoms with Gasteiger partial charge in [0.05, 0.1) is 6.10 Å². The van der Waals surface area contributed by atoms with Crippen LogP contribution >= 0.6 is 0 Å². The van der Waals surface area contributed by atoms with Gasteiger partial charge in [-0.3, -0.25) is 0 Å². The minimum atomic E-state index is 0.0306. The molecule has 0 bridgehead atoms. The molecule has 0 unspecified atom stereocenters. The van der Waals surface area contributed by atoms with E-state index in [1.54, 1.807) is 26.2 Å². The number of ether oxygens (including phenoxy) is 1. The molecule has 1 atom stereocenters. The molecule has 0 aliphatic carbocycles. The molecule has 1 aromatic rings. The van der Waals surface area contributed by atoms with Crippen molar-refractivity contribution in [1.82, 2.24) is 0 Å². The lowest BCUT2D eigenvalue weighted by Gasteiger charge is -2.11. The molecule has 14 heavy (non-hydrogen) atoms. The highest BCUT2D eigenvalue weighted by molar-refractivity contribution is 5.44. The maximum absolute atomic E-state index is 9.59. The molecule has 78 valence electrons. The number of phenolic OH excluding ortho intramolecular Hbond substituents is 2. The molecular weight excluding hydrogens is 180 g/mol. The van der Waals surface area contributed by atoms with E-state index in [9.17, 15) is 10.2 Å². The van der Waals surface area contributed by atoms with Crippen molar-refractivity contribution in [3.05, 3.63) is 23.3 Å². The Morgan fingerprint density at radius 3 is 2.50 bits per heavy atom. The monoisotopic (exact) mass is 196 g/mol. The van der Waals surface area contributed by atoms with Crippen molar-refractivity contribution in [2.45, 2.75) is 26.4 Å². The number of phenols is 2. The zero-order valence-electron chi connectivity index (χ0n) is 8.74. The summed E-state index contributed by atoms with van der Waals surface area (Å²) in [5.41, 5.74) is 1.39. The Labute approximate surface area is 84.0 Å². The molecule has 0 fully saturated rings. The van der Waals surface area contributed by atoms with Gasteiger partial charge in [-0.15, -0.1) is 0 Å². The van der Waals surface area contributed by atoms with Crippen molar-refractivity contribution >= 4 is 0 Å². The van der Waals surface area contributed by atoms with E-state index in [0.717, 1.165) is 0 Å². The first kappa shape index (κ1) is 10.9. The van der Waals surface area contributed by atoms with Crippen molar-refractivity contribution in [1.29, 1.82) is 0 Å². The topological polar surface area (TPSA) is 49.7 Å². The predicted molar refractivity (Wildman–Crippen MR) is 54.7 cm³/mol. The highest BCUT2D eigenvalue weighted by Gasteiger charge is 2.09. The highest BCUT2D eigenvalue weighted by atomic mass is 16.5. The van der Waals surface area contributed by atoms with Gasteiger partial charge in [-0.2, -0.15) is 0 Å². The summed E-state index contributed by atoms with van der Waals surface area (Å²) >= 11 is 0. The summed E-state index contributed by atoms with van der Waals surface area (Å²) < 4.78 is 5.09. The Morgan fingerprint density at radius 2 is 1.93 bits per heavy atom. The average Bonchev–Trinajstić information content (AvgIpc) is 2.14. The Morgan fingerprint density at radius 1 is 1.29 bits per heavy atom. The van der Waals surface area contributed by atoms with Crippen molar-refractivity contribution < 1.29 is 14.9 Å². The fourth-order valence-corrected chi connectivity index (χ4v) is 1.28. The summed E-state index contributed by atoms with van der Waals surface area (Å²) in [6.07, 6.45) is 0.624. The molecule has 1 rings (SSSR count). The lowest BCUT2D eigenvalue weighted by atomic mass is 10.0. The molecule has 0 aliphatic rings. The van der Waals surface area contributed by atoms with Crippen LogP contribution < -0.4 is 0 Å². The van der Waals surface area contributed by atoms with Crippen LogP contribution in [0.1, 0.15) is 18.1 Å². The zero-order chi connectivity index (χ0) is 10.7. The van der Waals surface area contributed by atoms with Crippen LogP contribution in [0.15, 0.2) is 12.1 Å². The van der Waals surface area contributed by atoms with Crippen LogP contribution in [0.25, 0.3) is 0 Å². The second-order valence-electron chi connectivity index (χ2n) is 3.52. The first-order valence-corrected chi connectivity index (χ1v) is 4.59. The number of aryl methyl sites for hydroxylation is 1. The number of rotatable bonds is 3. The molecule has 3 nitrogen and oxygen atoms in total. The first-order valence-electron chi connectivity index (χ1n) is 4.59. The molecule has 0 spiro atoms. The summed E-state index contributed by atoms with van der Waals surface area (Å²) in [5.74, 6) is 0.422. The van der Waals surface area contributed by atoms with Crippen molar-refractivity contribution in [2.24, 2.45) is 0 Å². The average molecular weight is 196 g/mol. The van der Waals surface area contributed by atoms with Gasteiger partial charge >= 0.3 is 0 Å². The first-order chi connectivity index (χ1) is 6.54. The molecule has 0 aromatic heterocycles. The standard InChI is InChI=1S/C11H16O3/c1-7-4-11(13)9(6-10(7)12)5-8(2)14-3/h4,6,8,12-13H,5H2,1-3H3/t8-/m1/s1. The predicted octanol–water partition coefficient (Wildman–Crippen LogP) is 1.98. The molecule has 0 aliphatic heterocycles. The van der Waals surface area contributed by atoms with Gasteiger partial charge in [-0.1, -0.05) is 0 Å². The molecule has 0 radical (unpaired) electrons. The second-order valence-corrected chi connectivity index (χ2v) is 3.52. The van der Waals surface area contributed by atoms with E-state index in [-0.39, 0.29) is 17.6 Å². The Bertz CT molecular complexity index is 321. The number of hydrogen-bond donors (Lipinski definition) is 2. The molecule has 1 aromatic carbocycles. The summed E-state index contributed by atoms with van der Waals surface area (Å²) in [6, 6.07) is 3.15. The minimum absolute atomic E-state index is 0.0306. The Balaban J connectivity index is 2.92. The minimum Gasteiger partial charge on any atom is -0.508 e. The Kier molecular flexibility index (Phi) is 3.36. The molecular formula is C11H16O3. The quantitative estimate of drug-likeness (QED) is 0.727. The summed E-state index contributed by atoms with van der Waals surface area (Å²) in [4.78, 5) is 0. The number of hydrogen-bond acceptors (Lipinski definition) is 3. The lowest BCUT2D eigenvalue weighted by molar-refractivity contribution is 0.118. The smallest absolute Gasteiger partial charge is 0.119 e. The number of methoxy groups -OCH3 is 1. The normalized spacial score (nSPS) is 12.8. The van der Waals surface area contributed by atoms with Gasteiger partial charge < -0.3 is 14.9 Å². The molecule has 2 N–H and O–H groups in total. The van der Waals surface area contributed by atoms with E-state index in [0.29, 0.717) is 17.5 Å². The summed E-state index contributed by atoms with van der Waals surface area (Å²) in [5, 5.41) is 19.1. The Hall–Kier alpha value is -1.22. The van der Waals surface area contributed by atoms with E-state index in [2.05, 4.69) is 0 Å². The van der Waals surface area contributed by atoms with E-state index in [1.807, 2.05) is 6.92 Å². The maximum Gasteiger partial charge on any atom is 0.119 e. The van der Waals surface area contributed by atoms with Gasteiger partial charge in [0.15, 0.2) is 0 Å². The van der Waals surface area contributed by atoms with Gasteiger partial charge in [-0.05, 0) is 31.5 Å². The fraction of sp³-hybridized carbons (Fsp3) is 0.455. The van der Waals surface area contributed by atoms with Crippen LogP contribution in [-0.4, -0.2) is 23.4 Å². The molecule has 0 saturated carbocycles. The molecule has 0 amide bonds. The van der Waals surface area contributed by atoms with E-state index in [1.165, 1.54) is 0 Å². The van der Waals surface area contributed by atoms with Gasteiger partial charge in [0.25, 0.3) is 0 Å². The zero-order valence-corrected chi connectivity index (χ0v) is 8.74. The SMILES string of the molecule is CO[C@H](C)Cc1cc(O)c(C)cc1O. The third-order valence-corrected chi connectivity index (χ3v) is 2.31. The summed E-state index contributed by atoms with van der Waals surface area (Å²) in [6.45, 7) is 3.66. The largest absolute Gasteiger partial charge is 0.508 e. The van der Waals surface area contributed by atoms with Gasteiger partial charge in [0, 0.05) is 19.1 Å². The maximum atomic E-state index is 9.59. The van der Waals surface area contributed by atoms with Gasteiger partial charge in [-0.25, -0.2) is 0 Å². The van der Waals surface area contributed by atoms with Gasteiger partial charge in [0.2, 0.25) is 0 Å². The molecule has 0 saturated heterocycles. The van der Waals surface area contributed by atoms with Crippen LogP contribution in [0.4, 0.5) is 0 Å². The van der Waals surface area contributed by atoms with Gasteiger partial charge in [0.1, 0.15) is 11.5 Å². The van der Waals surface area contributed by atoms with E-state index >= 15 is 0 Å².